The molecule has 1 amide bonds. The third-order valence-corrected chi connectivity index (χ3v) is 3.97. The van der Waals surface area contributed by atoms with Gasteiger partial charge in [0.1, 0.15) is 6.33 Å². The Morgan fingerprint density at radius 1 is 1.50 bits per heavy atom. The van der Waals surface area contributed by atoms with Crippen LogP contribution >= 0.6 is 0 Å². The van der Waals surface area contributed by atoms with E-state index in [1.54, 1.807) is 11.1 Å². The van der Waals surface area contributed by atoms with Crippen molar-refractivity contribution in [3.8, 4) is 0 Å². The molecule has 1 aromatic rings. The minimum absolute atomic E-state index is 0.0686. The molecule has 1 atom stereocenters. The van der Waals surface area contributed by atoms with Gasteiger partial charge < -0.3 is 14.9 Å². The minimum atomic E-state index is -0.835. The fraction of sp³-hybridized carbons (Fsp3) is 0.688. The SMILES string of the molecule is CCCc1ncncc1C(=O)N1CCC[C@@](O)(CN(C)C)C1. The molecular formula is C16H26N4O2. The number of likely N-dealkylation sites (tertiary alicyclic amines) is 1. The maximum absolute atomic E-state index is 12.8. The Morgan fingerprint density at radius 3 is 2.95 bits per heavy atom. The molecule has 2 rings (SSSR count). The van der Waals surface area contributed by atoms with Gasteiger partial charge in [0, 0.05) is 19.3 Å². The van der Waals surface area contributed by atoms with E-state index < -0.39 is 5.60 Å². The van der Waals surface area contributed by atoms with Crippen molar-refractivity contribution >= 4 is 5.91 Å². The molecule has 1 saturated heterocycles. The molecule has 0 unspecified atom stereocenters. The first-order valence-electron chi connectivity index (χ1n) is 7.90. The number of hydrogen-bond donors (Lipinski definition) is 1. The fourth-order valence-electron chi connectivity index (χ4n) is 3.14. The first kappa shape index (κ1) is 16.8. The van der Waals surface area contributed by atoms with E-state index in [1.807, 2.05) is 19.0 Å². The fourth-order valence-corrected chi connectivity index (χ4v) is 3.14. The lowest BCUT2D eigenvalue weighted by Crippen LogP contribution is -2.54. The predicted molar refractivity (Wildman–Crippen MR) is 84.7 cm³/mol. The van der Waals surface area contributed by atoms with Crippen molar-refractivity contribution < 1.29 is 9.90 Å². The summed E-state index contributed by atoms with van der Waals surface area (Å²) in [6.07, 6.45) is 6.32. The van der Waals surface area contributed by atoms with Crippen LogP contribution in [-0.4, -0.2) is 70.1 Å². The van der Waals surface area contributed by atoms with Crippen molar-refractivity contribution in [1.29, 1.82) is 0 Å². The number of amides is 1. The van der Waals surface area contributed by atoms with Crippen molar-refractivity contribution in [3.63, 3.8) is 0 Å². The normalized spacial score (nSPS) is 22.1. The van der Waals surface area contributed by atoms with E-state index in [0.29, 0.717) is 25.2 Å². The lowest BCUT2D eigenvalue weighted by molar-refractivity contribution is -0.0392. The highest BCUT2D eigenvalue weighted by molar-refractivity contribution is 5.95. The van der Waals surface area contributed by atoms with Crippen LogP contribution in [-0.2, 0) is 6.42 Å². The Morgan fingerprint density at radius 2 is 2.27 bits per heavy atom. The average molecular weight is 306 g/mol. The number of likely N-dealkylation sites (N-methyl/N-ethyl adjacent to an activating group) is 1. The molecule has 1 aromatic heterocycles. The summed E-state index contributed by atoms with van der Waals surface area (Å²) in [7, 11) is 3.87. The smallest absolute Gasteiger partial charge is 0.257 e. The molecule has 1 fully saturated rings. The molecule has 1 N–H and O–H groups in total. The van der Waals surface area contributed by atoms with Crippen LogP contribution in [0.5, 0.6) is 0 Å². The molecular weight excluding hydrogens is 280 g/mol. The molecule has 0 saturated carbocycles. The van der Waals surface area contributed by atoms with Crippen LogP contribution in [0.4, 0.5) is 0 Å². The molecule has 0 bridgehead atoms. The monoisotopic (exact) mass is 306 g/mol. The zero-order chi connectivity index (χ0) is 16.2. The van der Waals surface area contributed by atoms with Crippen molar-refractivity contribution in [3.05, 3.63) is 23.8 Å². The minimum Gasteiger partial charge on any atom is -0.387 e. The molecule has 122 valence electrons. The summed E-state index contributed by atoms with van der Waals surface area (Å²) in [4.78, 5) is 24.7. The van der Waals surface area contributed by atoms with Gasteiger partial charge >= 0.3 is 0 Å². The molecule has 0 aliphatic carbocycles. The van der Waals surface area contributed by atoms with E-state index >= 15 is 0 Å². The van der Waals surface area contributed by atoms with E-state index in [9.17, 15) is 9.90 Å². The highest BCUT2D eigenvalue weighted by atomic mass is 16.3. The Bertz CT molecular complexity index is 521. The Hall–Kier alpha value is -1.53. The van der Waals surface area contributed by atoms with Gasteiger partial charge in [-0.2, -0.15) is 0 Å². The molecule has 22 heavy (non-hydrogen) atoms. The van der Waals surface area contributed by atoms with Crippen LogP contribution in [0.2, 0.25) is 0 Å². The van der Waals surface area contributed by atoms with E-state index in [2.05, 4.69) is 16.9 Å². The Kier molecular flexibility index (Phi) is 5.47. The summed E-state index contributed by atoms with van der Waals surface area (Å²) < 4.78 is 0. The third kappa shape index (κ3) is 4.01. The first-order chi connectivity index (χ1) is 10.4. The lowest BCUT2D eigenvalue weighted by atomic mass is 9.92. The van der Waals surface area contributed by atoms with E-state index in [4.69, 9.17) is 0 Å². The molecule has 2 heterocycles. The van der Waals surface area contributed by atoms with Gasteiger partial charge in [0.15, 0.2) is 0 Å². The number of aliphatic hydroxyl groups is 1. The molecule has 0 radical (unpaired) electrons. The third-order valence-electron chi connectivity index (χ3n) is 3.97. The Balaban J connectivity index is 2.15. The van der Waals surface area contributed by atoms with Crippen LogP contribution in [0.3, 0.4) is 0 Å². The summed E-state index contributed by atoms with van der Waals surface area (Å²) in [5, 5.41) is 10.7. The highest BCUT2D eigenvalue weighted by Gasteiger charge is 2.36. The maximum Gasteiger partial charge on any atom is 0.257 e. The van der Waals surface area contributed by atoms with Crippen LogP contribution < -0.4 is 0 Å². The summed E-state index contributed by atoms with van der Waals surface area (Å²) in [5.74, 6) is -0.0686. The molecule has 0 spiro atoms. The quantitative estimate of drug-likeness (QED) is 0.877. The van der Waals surface area contributed by atoms with Crippen LogP contribution in [0.15, 0.2) is 12.5 Å². The summed E-state index contributed by atoms with van der Waals surface area (Å²) in [6, 6.07) is 0. The topological polar surface area (TPSA) is 69.6 Å². The van der Waals surface area contributed by atoms with Crippen molar-refractivity contribution in [1.82, 2.24) is 19.8 Å². The molecule has 6 nitrogen and oxygen atoms in total. The summed E-state index contributed by atoms with van der Waals surface area (Å²) in [6.45, 7) is 3.66. The number of β-amino-alcohol motifs (C(OH)–C–C–N with tert-alkyl or cyclic N) is 1. The number of hydrogen-bond acceptors (Lipinski definition) is 5. The highest BCUT2D eigenvalue weighted by Crippen LogP contribution is 2.23. The van der Waals surface area contributed by atoms with E-state index in [0.717, 1.165) is 31.4 Å². The van der Waals surface area contributed by atoms with Gasteiger partial charge in [0.05, 0.1) is 23.4 Å². The second kappa shape index (κ2) is 7.15. The van der Waals surface area contributed by atoms with E-state index in [1.165, 1.54) is 6.33 Å². The average Bonchev–Trinajstić information content (AvgIpc) is 2.46. The van der Waals surface area contributed by atoms with Gasteiger partial charge in [-0.3, -0.25) is 4.79 Å². The number of carbonyl (C=O) groups is 1. The summed E-state index contributed by atoms with van der Waals surface area (Å²) in [5.41, 5.74) is 0.528. The Labute approximate surface area is 132 Å². The molecule has 6 heteroatoms. The number of nitrogens with zero attached hydrogens (tertiary/aromatic N) is 4. The molecule has 1 aliphatic heterocycles. The summed E-state index contributed by atoms with van der Waals surface area (Å²) >= 11 is 0. The number of carbonyl (C=O) groups excluding carboxylic acids is 1. The zero-order valence-corrected chi connectivity index (χ0v) is 13.7. The second-order valence-corrected chi connectivity index (χ2v) is 6.43. The number of rotatable bonds is 5. The van der Waals surface area contributed by atoms with Gasteiger partial charge in [0.25, 0.3) is 5.91 Å². The largest absolute Gasteiger partial charge is 0.387 e. The first-order valence-corrected chi connectivity index (χ1v) is 7.90. The van der Waals surface area contributed by atoms with Gasteiger partial charge in [-0.1, -0.05) is 13.3 Å². The van der Waals surface area contributed by atoms with Crippen molar-refractivity contribution in [2.24, 2.45) is 0 Å². The maximum atomic E-state index is 12.8. The number of aryl methyl sites for hydroxylation is 1. The van der Waals surface area contributed by atoms with Crippen LogP contribution in [0, 0.1) is 0 Å². The van der Waals surface area contributed by atoms with Gasteiger partial charge in [-0.15, -0.1) is 0 Å². The van der Waals surface area contributed by atoms with Gasteiger partial charge in [-0.25, -0.2) is 9.97 Å². The zero-order valence-electron chi connectivity index (χ0n) is 13.7. The molecule has 1 aliphatic rings. The van der Waals surface area contributed by atoms with E-state index in [-0.39, 0.29) is 5.91 Å². The van der Waals surface area contributed by atoms with Gasteiger partial charge in [-0.05, 0) is 33.4 Å². The van der Waals surface area contributed by atoms with Crippen molar-refractivity contribution in [2.45, 2.75) is 38.2 Å². The number of piperidine rings is 1. The van der Waals surface area contributed by atoms with Gasteiger partial charge in [0.2, 0.25) is 0 Å². The number of aromatic nitrogens is 2. The second-order valence-electron chi connectivity index (χ2n) is 6.43. The van der Waals surface area contributed by atoms with Crippen LogP contribution in [0.1, 0.15) is 42.2 Å². The predicted octanol–water partition coefficient (Wildman–Crippen LogP) is 0.958. The standard InChI is InChI=1S/C16H26N4O2/c1-4-6-14-13(9-17-12-18-14)15(21)20-8-5-7-16(22,11-20)10-19(2)3/h9,12,22H,4-8,10-11H2,1-3H3/t16-/m1/s1. The van der Waals surface area contributed by atoms with Crippen molar-refractivity contribution in [2.75, 3.05) is 33.7 Å². The van der Waals surface area contributed by atoms with Crippen LogP contribution in [0.25, 0.3) is 0 Å². The lowest BCUT2D eigenvalue weighted by Gasteiger charge is -2.40. The molecule has 0 aromatic carbocycles.